The van der Waals surface area contributed by atoms with E-state index < -0.39 is 0 Å². The Kier molecular flexibility index (Phi) is 9.46. The fourth-order valence-electron chi connectivity index (χ4n) is 4.72. The summed E-state index contributed by atoms with van der Waals surface area (Å²) >= 11 is 0. The third kappa shape index (κ3) is 7.73. The monoisotopic (exact) mass is 535 g/mol. The molecular weight excluding hydrogens is 497 g/mol. The number of hydrogen-bond acceptors (Lipinski definition) is 6. The lowest BCUT2D eigenvalue weighted by molar-refractivity contribution is -0.143. The van der Waals surface area contributed by atoms with Crippen LogP contribution in [0.2, 0.25) is 0 Å². The fraction of sp³-hybridized carbons (Fsp3) is 0.406. The molecule has 6 nitrogen and oxygen atoms in total. The minimum absolute atomic E-state index is 0.161. The molecule has 0 saturated carbocycles. The van der Waals surface area contributed by atoms with Crippen LogP contribution in [0.3, 0.4) is 0 Å². The highest BCUT2D eigenvalue weighted by Crippen LogP contribution is 2.43. The number of hydrogen-bond donors (Lipinski definition) is 1. The van der Waals surface area contributed by atoms with Gasteiger partial charge in [0, 0.05) is 37.2 Å². The van der Waals surface area contributed by atoms with Crippen molar-refractivity contribution in [2.75, 3.05) is 31.7 Å². The highest BCUT2D eigenvalue weighted by atomic mass is 19.1. The van der Waals surface area contributed by atoms with Crippen LogP contribution in [0.5, 0.6) is 11.5 Å². The van der Waals surface area contributed by atoms with E-state index in [4.69, 9.17) is 18.9 Å². The lowest BCUT2D eigenvalue weighted by Gasteiger charge is -2.19. The lowest BCUT2D eigenvalue weighted by atomic mass is 9.95. The Morgan fingerprint density at radius 3 is 2.54 bits per heavy atom. The van der Waals surface area contributed by atoms with Crippen molar-refractivity contribution in [1.29, 1.82) is 0 Å². The predicted octanol–water partition coefficient (Wildman–Crippen LogP) is 6.73. The third-order valence-electron chi connectivity index (χ3n) is 6.54. The Balaban J connectivity index is 1.48. The normalized spacial score (nSPS) is 13.5. The van der Waals surface area contributed by atoms with Gasteiger partial charge in [0.25, 0.3) is 0 Å². The first kappa shape index (κ1) is 28.4. The van der Waals surface area contributed by atoms with E-state index in [1.807, 2.05) is 37.3 Å². The molecule has 4 rings (SSSR count). The van der Waals surface area contributed by atoms with Gasteiger partial charge in [0.1, 0.15) is 29.5 Å². The average Bonchev–Trinajstić information content (AvgIpc) is 3.23. The van der Waals surface area contributed by atoms with Crippen LogP contribution < -0.4 is 14.8 Å². The summed E-state index contributed by atoms with van der Waals surface area (Å²) in [4.78, 5) is 11.6. The van der Waals surface area contributed by atoms with Gasteiger partial charge >= 0.3 is 5.97 Å². The molecule has 0 atom stereocenters. The van der Waals surface area contributed by atoms with Crippen molar-refractivity contribution in [2.45, 2.75) is 59.1 Å². The highest BCUT2D eigenvalue weighted by Gasteiger charge is 2.32. The zero-order valence-electron chi connectivity index (χ0n) is 23.3. The van der Waals surface area contributed by atoms with Gasteiger partial charge in [-0.2, -0.15) is 0 Å². The molecule has 7 heteroatoms. The standard InChI is InChI=1S/C32H38FNO5/c1-5-36-15-16-38-27-12-8-23(9-13-27)28-18-22(17-25-20-32(3,4)39-31(25)28)21-34-26-11-7-24(29(33)19-26)10-14-30(35)37-6-2/h7-9,11-13,17-19,34H,5-6,10,14-16,20-21H2,1-4H3. The molecule has 0 aliphatic carbocycles. The maximum atomic E-state index is 14.7. The lowest BCUT2D eigenvalue weighted by Crippen LogP contribution is -2.24. The van der Waals surface area contributed by atoms with Gasteiger partial charge in [0.05, 0.1) is 13.2 Å². The minimum atomic E-state index is -0.336. The molecule has 39 heavy (non-hydrogen) atoms. The molecule has 1 aliphatic rings. The average molecular weight is 536 g/mol. The number of nitrogens with one attached hydrogen (secondary N) is 1. The van der Waals surface area contributed by atoms with E-state index in [0.29, 0.717) is 50.6 Å². The van der Waals surface area contributed by atoms with E-state index in [-0.39, 0.29) is 23.8 Å². The van der Waals surface area contributed by atoms with Crippen molar-refractivity contribution in [1.82, 2.24) is 0 Å². The summed E-state index contributed by atoms with van der Waals surface area (Å²) < 4.78 is 37.1. The summed E-state index contributed by atoms with van der Waals surface area (Å²) in [5.74, 6) is 1.05. The van der Waals surface area contributed by atoms with Crippen LogP contribution in [0.25, 0.3) is 11.1 Å². The molecule has 1 heterocycles. The van der Waals surface area contributed by atoms with Crippen molar-refractivity contribution in [3.8, 4) is 22.6 Å². The van der Waals surface area contributed by atoms with Crippen LogP contribution in [0, 0.1) is 5.82 Å². The fourth-order valence-corrected chi connectivity index (χ4v) is 4.72. The molecule has 0 spiro atoms. The Morgan fingerprint density at radius 1 is 1.03 bits per heavy atom. The van der Waals surface area contributed by atoms with Crippen molar-refractivity contribution in [2.24, 2.45) is 0 Å². The van der Waals surface area contributed by atoms with Gasteiger partial charge in [0.15, 0.2) is 0 Å². The van der Waals surface area contributed by atoms with Crippen LogP contribution in [0.1, 0.15) is 50.8 Å². The van der Waals surface area contributed by atoms with Crippen molar-refractivity contribution in [3.63, 3.8) is 0 Å². The minimum Gasteiger partial charge on any atom is -0.491 e. The quantitative estimate of drug-likeness (QED) is 0.193. The molecule has 3 aromatic rings. The topological polar surface area (TPSA) is 66.0 Å². The maximum Gasteiger partial charge on any atom is 0.306 e. The van der Waals surface area contributed by atoms with E-state index in [0.717, 1.165) is 40.2 Å². The van der Waals surface area contributed by atoms with Gasteiger partial charge in [-0.15, -0.1) is 0 Å². The van der Waals surface area contributed by atoms with Crippen LogP contribution in [-0.4, -0.2) is 38.0 Å². The molecule has 0 aromatic heterocycles. The maximum absolute atomic E-state index is 14.7. The molecule has 3 aromatic carbocycles. The second kappa shape index (κ2) is 13.0. The Hall–Kier alpha value is -3.58. The summed E-state index contributed by atoms with van der Waals surface area (Å²) in [5.41, 5.74) is 5.20. The van der Waals surface area contributed by atoms with Gasteiger partial charge in [-0.1, -0.05) is 24.3 Å². The second-order valence-corrected chi connectivity index (χ2v) is 10.2. The zero-order chi connectivity index (χ0) is 27.8. The number of fused-ring (bicyclic) bond motifs is 1. The summed E-state index contributed by atoms with van der Waals surface area (Å²) in [6.07, 6.45) is 1.28. The summed E-state index contributed by atoms with van der Waals surface area (Å²) in [6, 6.07) is 17.3. The number of carbonyl (C=O) groups is 1. The third-order valence-corrected chi connectivity index (χ3v) is 6.54. The first-order valence-corrected chi connectivity index (χ1v) is 13.6. The Bertz CT molecular complexity index is 1270. The number of aryl methyl sites for hydroxylation is 1. The number of rotatable bonds is 13. The molecule has 208 valence electrons. The first-order chi connectivity index (χ1) is 18.8. The number of ether oxygens (including phenoxy) is 4. The molecular formula is C32H38FNO5. The zero-order valence-corrected chi connectivity index (χ0v) is 23.3. The van der Waals surface area contributed by atoms with Crippen LogP contribution in [0.4, 0.5) is 10.1 Å². The van der Waals surface area contributed by atoms with Gasteiger partial charge < -0.3 is 24.3 Å². The predicted molar refractivity (Wildman–Crippen MR) is 151 cm³/mol. The summed E-state index contributed by atoms with van der Waals surface area (Å²) in [6.45, 7) is 10.5. The smallest absolute Gasteiger partial charge is 0.306 e. The first-order valence-electron chi connectivity index (χ1n) is 13.6. The number of halogens is 1. The van der Waals surface area contributed by atoms with Crippen LogP contribution in [0.15, 0.2) is 54.6 Å². The Morgan fingerprint density at radius 2 is 1.82 bits per heavy atom. The van der Waals surface area contributed by atoms with Crippen molar-refractivity contribution in [3.05, 3.63) is 77.1 Å². The van der Waals surface area contributed by atoms with Crippen molar-refractivity contribution >= 4 is 11.7 Å². The van der Waals surface area contributed by atoms with E-state index >= 15 is 0 Å². The van der Waals surface area contributed by atoms with E-state index in [1.54, 1.807) is 13.0 Å². The van der Waals surface area contributed by atoms with E-state index in [9.17, 15) is 9.18 Å². The molecule has 0 radical (unpaired) electrons. The van der Waals surface area contributed by atoms with Crippen molar-refractivity contribution < 1.29 is 28.1 Å². The Labute approximate surface area is 230 Å². The SMILES string of the molecule is CCOCCOc1ccc(-c2cc(CNc3ccc(CCC(=O)OCC)c(F)c3)cc3c2OC(C)(C)C3)cc1. The molecule has 1 N–H and O–H groups in total. The second-order valence-electron chi connectivity index (χ2n) is 10.2. The molecule has 0 amide bonds. The molecule has 0 fully saturated rings. The van der Waals surface area contributed by atoms with Crippen LogP contribution >= 0.6 is 0 Å². The highest BCUT2D eigenvalue weighted by molar-refractivity contribution is 5.75. The molecule has 0 saturated heterocycles. The number of benzene rings is 3. The van der Waals surface area contributed by atoms with Gasteiger partial charge in [0.2, 0.25) is 0 Å². The van der Waals surface area contributed by atoms with E-state index in [1.165, 1.54) is 6.07 Å². The largest absolute Gasteiger partial charge is 0.491 e. The number of anilines is 1. The summed E-state index contributed by atoms with van der Waals surface area (Å²) in [5, 5.41) is 3.34. The molecule has 1 aliphatic heterocycles. The van der Waals surface area contributed by atoms with E-state index in [2.05, 4.69) is 31.3 Å². The van der Waals surface area contributed by atoms with Gasteiger partial charge in [-0.05, 0) is 86.7 Å². The summed E-state index contributed by atoms with van der Waals surface area (Å²) in [7, 11) is 0. The number of carbonyl (C=O) groups excluding carboxylic acids is 1. The van der Waals surface area contributed by atoms with Gasteiger partial charge in [-0.3, -0.25) is 4.79 Å². The molecule has 0 bridgehead atoms. The van der Waals surface area contributed by atoms with Crippen LogP contribution in [-0.2, 0) is 33.7 Å². The van der Waals surface area contributed by atoms with Gasteiger partial charge in [-0.25, -0.2) is 4.39 Å². The molecule has 0 unspecified atom stereocenters. The number of esters is 1.